The first-order valence-corrected chi connectivity index (χ1v) is 8.61. The van der Waals surface area contributed by atoms with E-state index in [0.717, 1.165) is 29.5 Å². The minimum absolute atomic E-state index is 0.0339. The summed E-state index contributed by atoms with van der Waals surface area (Å²) in [6.45, 7) is 9.37. The minimum Gasteiger partial charge on any atom is -0.487 e. The van der Waals surface area contributed by atoms with E-state index in [4.69, 9.17) is 9.84 Å². The molecule has 0 amide bonds. The molecule has 0 aliphatic rings. The summed E-state index contributed by atoms with van der Waals surface area (Å²) in [4.78, 5) is 17.2. The maximum atomic E-state index is 11.0. The van der Waals surface area contributed by atoms with Crippen LogP contribution < -0.4 is 4.74 Å². The van der Waals surface area contributed by atoms with E-state index in [-0.39, 0.29) is 12.1 Å². The van der Waals surface area contributed by atoms with Crippen LogP contribution in [0.1, 0.15) is 33.4 Å². The molecule has 1 aromatic rings. The SMILES string of the molecule is CCSCCN(CC(=O)O)Cc1ccc(OC(C)(C)C)cn1. The molecule has 0 spiro atoms. The second-order valence-corrected chi connectivity index (χ2v) is 7.39. The Morgan fingerprint density at radius 1 is 1.41 bits per heavy atom. The van der Waals surface area contributed by atoms with Crippen molar-refractivity contribution in [3.05, 3.63) is 24.0 Å². The number of ether oxygens (including phenoxy) is 1. The molecular weight excluding hydrogens is 300 g/mol. The zero-order chi connectivity index (χ0) is 16.6. The van der Waals surface area contributed by atoms with Gasteiger partial charge in [0.25, 0.3) is 0 Å². The van der Waals surface area contributed by atoms with Crippen LogP contribution >= 0.6 is 11.8 Å². The molecule has 22 heavy (non-hydrogen) atoms. The fraction of sp³-hybridized carbons (Fsp3) is 0.625. The lowest BCUT2D eigenvalue weighted by atomic mass is 10.2. The topological polar surface area (TPSA) is 62.7 Å². The van der Waals surface area contributed by atoms with E-state index in [2.05, 4.69) is 11.9 Å². The lowest BCUT2D eigenvalue weighted by Gasteiger charge is -2.22. The fourth-order valence-corrected chi connectivity index (χ4v) is 2.57. The van der Waals surface area contributed by atoms with Gasteiger partial charge in [-0.1, -0.05) is 6.92 Å². The van der Waals surface area contributed by atoms with Crippen LogP contribution in [0.25, 0.3) is 0 Å². The molecule has 1 N–H and O–H groups in total. The van der Waals surface area contributed by atoms with Crippen LogP contribution in [-0.2, 0) is 11.3 Å². The van der Waals surface area contributed by atoms with Gasteiger partial charge in [-0.05, 0) is 38.7 Å². The third kappa shape index (κ3) is 8.24. The fourth-order valence-electron chi connectivity index (χ4n) is 1.89. The molecule has 1 heterocycles. The van der Waals surface area contributed by atoms with E-state index in [1.54, 1.807) is 6.20 Å². The molecule has 1 rings (SSSR count). The molecular formula is C16H26N2O3S. The average molecular weight is 326 g/mol. The Morgan fingerprint density at radius 2 is 2.14 bits per heavy atom. The number of hydrogen-bond donors (Lipinski definition) is 1. The first kappa shape index (κ1) is 18.8. The van der Waals surface area contributed by atoms with E-state index in [1.807, 2.05) is 49.6 Å². The lowest BCUT2D eigenvalue weighted by Crippen LogP contribution is -2.31. The number of hydrogen-bond acceptors (Lipinski definition) is 5. The predicted octanol–water partition coefficient (Wildman–Crippen LogP) is 2.90. The number of rotatable bonds is 9. The second-order valence-electron chi connectivity index (χ2n) is 6.00. The number of aliphatic carboxylic acids is 1. The molecule has 0 fully saturated rings. The maximum Gasteiger partial charge on any atom is 0.317 e. The molecule has 0 radical (unpaired) electrons. The molecule has 0 saturated carbocycles. The normalized spacial score (nSPS) is 11.7. The van der Waals surface area contributed by atoms with Gasteiger partial charge >= 0.3 is 5.97 Å². The van der Waals surface area contributed by atoms with Crippen molar-refractivity contribution >= 4 is 17.7 Å². The highest BCUT2D eigenvalue weighted by Crippen LogP contribution is 2.17. The molecule has 6 heteroatoms. The summed E-state index contributed by atoms with van der Waals surface area (Å²) in [7, 11) is 0. The van der Waals surface area contributed by atoms with Gasteiger partial charge in [-0.25, -0.2) is 0 Å². The van der Waals surface area contributed by atoms with Gasteiger partial charge in [-0.2, -0.15) is 11.8 Å². The average Bonchev–Trinajstić information content (AvgIpc) is 2.39. The highest BCUT2D eigenvalue weighted by molar-refractivity contribution is 7.99. The third-order valence-electron chi connectivity index (χ3n) is 2.72. The largest absolute Gasteiger partial charge is 0.487 e. The Bertz CT molecular complexity index is 457. The number of thioether (sulfide) groups is 1. The maximum absolute atomic E-state index is 11.0. The smallest absolute Gasteiger partial charge is 0.317 e. The number of carboxylic acid groups (broad SMARTS) is 1. The predicted molar refractivity (Wildman–Crippen MR) is 90.5 cm³/mol. The number of carbonyl (C=O) groups is 1. The summed E-state index contributed by atoms with van der Waals surface area (Å²) in [6, 6.07) is 3.77. The highest BCUT2D eigenvalue weighted by Gasteiger charge is 2.13. The molecule has 5 nitrogen and oxygen atoms in total. The summed E-state index contributed by atoms with van der Waals surface area (Å²) < 4.78 is 5.73. The highest BCUT2D eigenvalue weighted by atomic mass is 32.2. The standard InChI is InChI=1S/C16H26N2O3S/c1-5-22-9-8-18(12-15(19)20)11-13-6-7-14(10-17-13)21-16(2,3)4/h6-7,10H,5,8-9,11-12H2,1-4H3,(H,19,20). The van der Waals surface area contributed by atoms with Gasteiger partial charge in [0.1, 0.15) is 11.4 Å². The minimum atomic E-state index is -0.811. The van der Waals surface area contributed by atoms with Crippen molar-refractivity contribution in [1.82, 2.24) is 9.88 Å². The van der Waals surface area contributed by atoms with Crippen molar-refractivity contribution in [3.8, 4) is 5.75 Å². The van der Waals surface area contributed by atoms with Gasteiger partial charge in [-0.3, -0.25) is 14.7 Å². The quantitative estimate of drug-likeness (QED) is 0.704. The Hall–Kier alpha value is -1.27. The first-order chi connectivity index (χ1) is 10.3. The molecule has 0 atom stereocenters. The third-order valence-corrected chi connectivity index (χ3v) is 3.60. The van der Waals surface area contributed by atoms with Gasteiger partial charge in [0.15, 0.2) is 0 Å². The molecule has 0 aliphatic carbocycles. The van der Waals surface area contributed by atoms with Crippen molar-refractivity contribution < 1.29 is 14.6 Å². The second kappa shape index (κ2) is 9.00. The number of carboxylic acids is 1. The number of nitrogens with zero attached hydrogens (tertiary/aromatic N) is 2. The van der Waals surface area contributed by atoms with Crippen LogP contribution in [0.3, 0.4) is 0 Å². The Labute approximate surface area is 137 Å². The van der Waals surface area contributed by atoms with Crippen molar-refractivity contribution in [2.75, 3.05) is 24.6 Å². The molecule has 1 aromatic heterocycles. The monoisotopic (exact) mass is 326 g/mol. The Balaban J connectivity index is 2.61. The Morgan fingerprint density at radius 3 is 2.64 bits per heavy atom. The van der Waals surface area contributed by atoms with Gasteiger partial charge < -0.3 is 9.84 Å². The van der Waals surface area contributed by atoms with Crippen LogP contribution in [0.5, 0.6) is 5.75 Å². The molecule has 0 aromatic carbocycles. The lowest BCUT2D eigenvalue weighted by molar-refractivity contribution is -0.138. The molecule has 124 valence electrons. The molecule has 0 bridgehead atoms. The van der Waals surface area contributed by atoms with Gasteiger partial charge in [-0.15, -0.1) is 0 Å². The van der Waals surface area contributed by atoms with Crippen LogP contribution in [0.2, 0.25) is 0 Å². The van der Waals surface area contributed by atoms with Crippen LogP contribution in [0.4, 0.5) is 0 Å². The summed E-state index contributed by atoms with van der Waals surface area (Å²) in [5.74, 6) is 1.88. The summed E-state index contributed by atoms with van der Waals surface area (Å²) in [5.41, 5.74) is 0.597. The molecule has 0 saturated heterocycles. The van der Waals surface area contributed by atoms with Gasteiger partial charge in [0.05, 0.1) is 18.4 Å². The zero-order valence-electron chi connectivity index (χ0n) is 13.8. The zero-order valence-corrected chi connectivity index (χ0v) is 14.7. The van der Waals surface area contributed by atoms with E-state index >= 15 is 0 Å². The number of aromatic nitrogens is 1. The van der Waals surface area contributed by atoms with E-state index in [1.165, 1.54) is 0 Å². The summed E-state index contributed by atoms with van der Waals surface area (Å²) in [5, 5.41) is 9.00. The van der Waals surface area contributed by atoms with Crippen LogP contribution in [0, 0.1) is 0 Å². The van der Waals surface area contributed by atoms with E-state index in [0.29, 0.717) is 6.54 Å². The van der Waals surface area contributed by atoms with Crippen LogP contribution in [0.15, 0.2) is 18.3 Å². The summed E-state index contributed by atoms with van der Waals surface area (Å²) in [6.07, 6.45) is 1.69. The van der Waals surface area contributed by atoms with Crippen molar-refractivity contribution in [2.24, 2.45) is 0 Å². The van der Waals surface area contributed by atoms with Crippen molar-refractivity contribution in [1.29, 1.82) is 0 Å². The van der Waals surface area contributed by atoms with Gasteiger partial charge in [0.2, 0.25) is 0 Å². The van der Waals surface area contributed by atoms with E-state index in [9.17, 15) is 4.79 Å². The Kier molecular flexibility index (Phi) is 7.68. The van der Waals surface area contributed by atoms with Crippen molar-refractivity contribution in [3.63, 3.8) is 0 Å². The number of pyridine rings is 1. The van der Waals surface area contributed by atoms with E-state index < -0.39 is 5.97 Å². The van der Waals surface area contributed by atoms with Gasteiger partial charge in [0, 0.05) is 18.8 Å². The molecule has 0 aliphatic heterocycles. The molecule has 0 unspecified atom stereocenters. The van der Waals surface area contributed by atoms with Crippen LogP contribution in [-0.4, -0.2) is 51.2 Å². The summed E-state index contributed by atoms with van der Waals surface area (Å²) >= 11 is 1.81. The van der Waals surface area contributed by atoms with Crippen molar-refractivity contribution in [2.45, 2.75) is 39.8 Å². The first-order valence-electron chi connectivity index (χ1n) is 7.46.